The lowest BCUT2D eigenvalue weighted by atomic mass is 10.2. The standard InChI is InChI=1S/C26H26N4O4S/c31-26(18-29-19-27-22-11-5-6-12-24(22)29)28-23-17-21(35(32,33)30-15-7-2-8-16-30)13-14-25(23)34-20-9-3-1-4-10-20/h1,3-6,9-14,17,19H,2,7-8,15-16,18H2,(H,28,31). The van der Waals surface area contributed by atoms with E-state index in [0.29, 0.717) is 30.3 Å². The Morgan fingerprint density at radius 1 is 0.943 bits per heavy atom. The van der Waals surface area contributed by atoms with Crippen LogP contribution in [0.1, 0.15) is 19.3 Å². The smallest absolute Gasteiger partial charge is 0.244 e. The average molecular weight is 491 g/mol. The van der Waals surface area contributed by atoms with Crippen LogP contribution >= 0.6 is 0 Å². The Morgan fingerprint density at radius 3 is 2.49 bits per heavy atom. The Morgan fingerprint density at radius 2 is 1.69 bits per heavy atom. The molecule has 8 nitrogen and oxygen atoms in total. The highest BCUT2D eigenvalue weighted by Crippen LogP contribution is 2.33. The summed E-state index contributed by atoms with van der Waals surface area (Å²) in [4.78, 5) is 17.5. The van der Waals surface area contributed by atoms with Crippen LogP contribution in [0, 0.1) is 0 Å². The van der Waals surface area contributed by atoms with Gasteiger partial charge in [-0.3, -0.25) is 4.79 Å². The molecule has 0 spiro atoms. The van der Waals surface area contributed by atoms with Crippen LogP contribution in [0.3, 0.4) is 0 Å². The lowest BCUT2D eigenvalue weighted by Crippen LogP contribution is -2.35. The van der Waals surface area contributed by atoms with Gasteiger partial charge in [0.05, 0.1) is 27.9 Å². The molecule has 4 aromatic rings. The zero-order valence-electron chi connectivity index (χ0n) is 19.1. The van der Waals surface area contributed by atoms with Crippen LogP contribution < -0.4 is 10.1 Å². The molecular weight excluding hydrogens is 464 g/mol. The third-order valence-electron chi connectivity index (χ3n) is 5.99. The summed E-state index contributed by atoms with van der Waals surface area (Å²) in [5, 5.41) is 2.85. The molecule has 0 unspecified atom stereocenters. The minimum Gasteiger partial charge on any atom is -0.455 e. The highest BCUT2D eigenvalue weighted by atomic mass is 32.2. The van der Waals surface area contributed by atoms with Crippen molar-refractivity contribution in [3.8, 4) is 11.5 Å². The topological polar surface area (TPSA) is 93.5 Å². The van der Waals surface area contributed by atoms with Crippen LogP contribution in [0.4, 0.5) is 5.69 Å². The number of piperidine rings is 1. The fourth-order valence-corrected chi connectivity index (χ4v) is 5.75. The number of fused-ring (bicyclic) bond motifs is 1. The maximum Gasteiger partial charge on any atom is 0.244 e. The lowest BCUT2D eigenvalue weighted by Gasteiger charge is -2.26. The summed E-state index contributed by atoms with van der Waals surface area (Å²) >= 11 is 0. The van der Waals surface area contributed by atoms with E-state index in [1.54, 1.807) is 29.1 Å². The molecule has 0 radical (unpaired) electrons. The number of sulfonamides is 1. The molecule has 0 aliphatic carbocycles. The van der Waals surface area contributed by atoms with Crippen molar-refractivity contribution in [1.82, 2.24) is 13.9 Å². The second kappa shape index (κ2) is 9.89. The molecule has 1 amide bonds. The van der Waals surface area contributed by atoms with Crippen LogP contribution in [-0.2, 0) is 21.4 Å². The highest BCUT2D eigenvalue weighted by molar-refractivity contribution is 7.89. The van der Waals surface area contributed by atoms with Gasteiger partial charge >= 0.3 is 0 Å². The van der Waals surface area contributed by atoms with Gasteiger partial charge in [-0.2, -0.15) is 4.31 Å². The first kappa shape index (κ1) is 23.1. The van der Waals surface area contributed by atoms with Crippen LogP contribution in [0.5, 0.6) is 11.5 Å². The van der Waals surface area contributed by atoms with Crippen LogP contribution in [-0.4, -0.2) is 41.3 Å². The first-order chi connectivity index (χ1) is 17.0. The summed E-state index contributed by atoms with van der Waals surface area (Å²) in [5.41, 5.74) is 1.93. The zero-order valence-corrected chi connectivity index (χ0v) is 19.9. The van der Waals surface area contributed by atoms with Gasteiger partial charge in [-0.05, 0) is 55.3 Å². The van der Waals surface area contributed by atoms with Gasteiger partial charge in [-0.15, -0.1) is 0 Å². The van der Waals surface area contributed by atoms with Gasteiger partial charge in [-0.1, -0.05) is 36.8 Å². The minimum absolute atomic E-state index is 0.0222. The van der Waals surface area contributed by atoms with E-state index in [4.69, 9.17) is 4.74 Å². The molecule has 0 saturated carbocycles. The molecule has 0 bridgehead atoms. The molecule has 1 aliphatic rings. The van der Waals surface area contributed by atoms with E-state index in [0.717, 1.165) is 30.3 Å². The number of imidazole rings is 1. The maximum absolute atomic E-state index is 13.3. The van der Waals surface area contributed by atoms with Gasteiger partial charge in [0.25, 0.3) is 0 Å². The number of hydrogen-bond acceptors (Lipinski definition) is 5. The number of benzene rings is 3. The molecular formula is C26H26N4O4S. The van der Waals surface area contributed by atoms with E-state index in [2.05, 4.69) is 10.3 Å². The Hall–Kier alpha value is -3.69. The third kappa shape index (κ3) is 5.06. The first-order valence-electron chi connectivity index (χ1n) is 11.6. The van der Waals surface area contributed by atoms with Crippen molar-refractivity contribution in [2.24, 2.45) is 0 Å². The monoisotopic (exact) mass is 490 g/mol. The number of hydrogen-bond donors (Lipinski definition) is 1. The summed E-state index contributed by atoms with van der Waals surface area (Å²) in [7, 11) is -3.68. The van der Waals surface area contributed by atoms with Crippen molar-refractivity contribution in [2.75, 3.05) is 18.4 Å². The van der Waals surface area contributed by atoms with E-state index in [1.807, 2.05) is 42.5 Å². The predicted octanol–water partition coefficient (Wildman–Crippen LogP) is 4.64. The number of amides is 1. The molecule has 1 aromatic heterocycles. The SMILES string of the molecule is O=C(Cn1cnc2ccccc21)Nc1cc(S(=O)(=O)N2CCCCC2)ccc1Oc1ccccc1. The van der Waals surface area contributed by atoms with Gasteiger partial charge < -0.3 is 14.6 Å². The Balaban J connectivity index is 1.44. The summed E-state index contributed by atoms with van der Waals surface area (Å²) in [6.45, 7) is 1.02. The minimum atomic E-state index is -3.68. The second-order valence-corrected chi connectivity index (χ2v) is 10.4. The van der Waals surface area contributed by atoms with Crippen molar-refractivity contribution in [2.45, 2.75) is 30.7 Å². The van der Waals surface area contributed by atoms with E-state index >= 15 is 0 Å². The molecule has 1 N–H and O–H groups in total. The molecule has 3 aromatic carbocycles. The van der Waals surface area contributed by atoms with Gasteiger partial charge in [0.2, 0.25) is 15.9 Å². The van der Waals surface area contributed by atoms with E-state index in [-0.39, 0.29) is 17.3 Å². The normalized spacial score (nSPS) is 14.6. The van der Waals surface area contributed by atoms with E-state index in [9.17, 15) is 13.2 Å². The number of rotatable bonds is 7. The van der Waals surface area contributed by atoms with Crippen molar-refractivity contribution in [1.29, 1.82) is 0 Å². The molecule has 35 heavy (non-hydrogen) atoms. The molecule has 1 saturated heterocycles. The molecule has 5 rings (SSSR count). The number of para-hydroxylation sites is 3. The van der Waals surface area contributed by atoms with Crippen LogP contribution in [0.25, 0.3) is 11.0 Å². The van der Waals surface area contributed by atoms with Crippen molar-refractivity contribution in [3.05, 3.63) is 79.1 Å². The highest BCUT2D eigenvalue weighted by Gasteiger charge is 2.27. The van der Waals surface area contributed by atoms with Gasteiger partial charge in [0.1, 0.15) is 12.3 Å². The molecule has 1 fully saturated rings. The summed E-state index contributed by atoms with van der Waals surface area (Å²) in [6, 6.07) is 21.3. The largest absolute Gasteiger partial charge is 0.455 e. The number of aromatic nitrogens is 2. The average Bonchev–Trinajstić information content (AvgIpc) is 3.29. The number of ether oxygens (including phenoxy) is 1. The number of carbonyl (C=O) groups is 1. The summed E-state index contributed by atoms with van der Waals surface area (Å²) in [5.74, 6) is 0.617. The van der Waals surface area contributed by atoms with Gasteiger partial charge in [0, 0.05) is 13.1 Å². The summed E-state index contributed by atoms with van der Waals surface area (Å²) < 4.78 is 35.8. The number of carbonyl (C=O) groups excluding carboxylic acids is 1. The van der Waals surface area contributed by atoms with Gasteiger partial charge in [-0.25, -0.2) is 13.4 Å². The fraction of sp³-hybridized carbons (Fsp3) is 0.231. The number of nitrogens with zero attached hydrogens (tertiary/aromatic N) is 3. The third-order valence-corrected chi connectivity index (χ3v) is 7.88. The Labute approximate surface area is 204 Å². The maximum atomic E-state index is 13.3. The molecule has 180 valence electrons. The Kier molecular flexibility index (Phi) is 6.52. The molecule has 9 heteroatoms. The van der Waals surface area contributed by atoms with Crippen molar-refractivity contribution in [3.63, 3.8) is 0 Å². The number of nitrogens with one attached hydrogen (secondary N) is 1. The van der Waals surface area contributed by atoms with Crippen molar-refractivity contribution >= 4 is 32.7 Å². The van der Waals surface area contributed by atoms with Crippen molar-refractivity contribution < 1.29 is 17.9 Å². The summed E-state index contributed by atoms with van der Waals surface area (Å²) in [6.07, 6.45) is 4.33. The zero-order chi connectivity index (χ0) is 24.3. The van der Waals surface area contributed by atoms with E-state index in [1.165, 1.54) is 16.4 Å². The van der Waals surface area contributed by atoms with E-state index < -0.39 is 10.0 Å². The first-order valence-corrected chi connectivity index (χ1v) is 13.0. The molecule has 1 aliphatic heterocycles. The second-order valence-electron chi connectivity index (χ2n) is 8.45. The van der Waals surface area contributed by atoms with Crippen LogP contribution in [0.15, 0.2) is 84.0 Å². The molecule has 0 atom stereocenters. The molecule has 2 heterocycles. The van der Waals surface area contributed by atoms with Gasteiger partial charge in [0.15, 0.2) is 5.75 Å². The van der Waals surface area contributed by atoms with Crippen LogP contribution in [0.2, 0.25) is 0 Å². The number of anilines is 1. The fourth-order valence-electron chi connectivity index (χ4n) is 4.21. The predicted molar refractivity (Wildman–Crippen MR) is 134 cm³/mol. The lowest BCUT2D eigenvalue weighted by molar-refractivity contribution is -0.116. The quantitative estimate of drug-likeness (QED) is 0.407. The Bertz CT molecular complexity index is 1440.